The fraction of sp³-hybridized carbons (Fsp3) is 0.900. The Bertz CT molecular complexity index is 164. The Balaban J connectivity index is 2.26. The van der Waals surface area contributed by atoms with Crippen LogP contribution >= 0.6 is 0 Å². The van der Waals surface area contributed by atoms with Gasteiger partial charge >= 0.3 is 5.97 Å². The first-order valence-electron chi connectivity index (χ1n) is 5.14. The predicted molar refractivity (Wildman–Crippen MR) is 51.2 cm³/mol. The summed E-state index contributed by atoms with van der Waals surface area (Å²) in [6.07, 6.45) is 5.88. The lowest BCUT2D eigenvalue weighted by Gasteiger charge is -2.23. The van der Waals surface area contributed by atoms with Gasteiger partial charge in [-0.05, 0) is 25.7 Å². The number of carbonyl (C=O) groups excluding carboxylic acids is 1. The predicted octanol–water partition coefficient (Wildman–Crippen LogP) is 1.46. The lowest BCUT2D eigenvalue weighted by molar-refractivity contribution is -0.154. The van der Waals surface area contributed by atoms with Crippen molar-refractivity contribution in [3.63, 3.8) is 0 Å². The van der Waals surface area contributed by atoms with E-state index in [9.17, 15) is 4.79 Å². The van der Waals surface area contributed by atoms with Gasteiger partial charge in [-0.25, -0.2) is 0 Å². The molecule has 1 rings (SSSR count). The minimum Gasteiger partial charge on any atom is -0.462 e. The van der Waals surface area contributed by atoms with E-state index >= 15 is 0 Å². The third-order valence-corrected chi connectivity index (χ3v) is 2.59. The van der Waals surface area contributed by atoms with E-state index in [0.29, 0.717) is 6.54 Å². The lowest BCUT2D eigenvalue weighted by Crippen LogP contribution is -2.28. The van der Waals surface area contributed by atoms with Crippen LogP contribution < -0.4 is 5.73 Å². The van der Waals surface area contributed by atoms with Crippen molar-refractivity contribution in [2.24, 2.45) is 11.7 Å². The van der Waals surface area contributed by atoms with Crippen LogP contribution in [0.25, 0.3) is 0 Å². The number of esters is 1. The van der Waals surface area contributed by atoms with Crippen molar-refractivity contribution in [3.05, 3.63) is 0 Å². The second kappa shape index (κ2) is 5.22. The Morgan fingerprint density at radius 3 is 2.62 bits per heavy atom. The van der Waals surface area contributed by atoms with Crippen LogP contribution in [0, 0.1) is 5.92 Å². The van der Waals surface area contributed by atoms with Crippen LogP contribution in [0.5, 0.6) is 0 Å². The van der Waals surface area contributed by atoms with E-state index in [2.05, 4.69) is 0 Å². The van der Waals surface area contributed by atoms with Gasteiger partial charge in [-0.3, -0.25) is 4.79 Å². The molecule has 0 spiro atoms. The highest BCUT2D eigenvalue weighted by Gasteiger charge is 2.20. The summed E-state index contributed by atoms with van der Waals surface area (Å²) >= 11 is 0. The van der Waals surface area contributed by atoms with Crippen molar-refractivity contribution in [2.45, 2.75) is 45.1 Å². The molecule has 0 heterocycles. The lowest BCUT2D eigenvalue weighted by atomic mass is 9.97. The number of hydrogen-bond donors (Lipinski definition) is 1. The van der Waals surface area contributed by atoms with Crippen LogP contribution in [-0.2, 0) is 9.53 Å². The second-order valence-electron chi connectivity index (χ2n) is 3.83. The molecule has 1 saturated carbocycles. The van der Waals surface area contributed by atoms with Crippen molar-refractivity contribution < 1.29 is 9.53 Å². The molecule has 0 aromatic rings. The molecule has 1 unspecified atom stereocenters. The van der Waals surface area contributed by atoms with Gasteiger partial charge in [0.05, 0.1) is 5.92 Å². The SMILES string of the molecule is CC(CN)C(=O)OC1CCCCC1. The molecule has 76 valence electrons. The molecular formula is C10H19NO2. The Hall–Kier alpha value is -0.570. The van der Waals surface area contributed by atoms with E-state index < -0.39 is 0 Å². The van der Waals surface area contributed by atoms with E-state index in [4.69, 9.17) is 10.5 Å². The highest BCUT2D eigenvalue weighted by Crippen LogP contribution is 2.21. The quantitative estimate of drug-likeness (QED) is 0.677. The zero-order valence-corrected chi connectivity index (χ0v) is 8.29. The van der Waals surface area contributed by atoms with Crippen molar-refractivity contribution in [1.29, 1.82) is 0 Å². The molecule has 1 aliphatic carbocycles. The molecule has 13 heavy (non-hydrogen) atoms. The summed E-state index contributed by atoms with van der Waals surface area (Å²) in [7, 11) is 0. The molecule has 0 aromatic heterocycles. The first-order chi connectivity index (χ1) is 6.24. The summed E-state index contributed by atoms with van der Waals surface area (Å²) in [6, 6.07) is 0. The van der Waals surface area contributed by atoms with E-state index in [1.165, 1.54) is 19.3 Å². The molecular weight excluding hydrogens is 166 g/mol. The summed E-state index contributed by atoms with van der Waals surface area (Å²) in [6.45, 7) is 2.19. The van der Waals surface area contributed by atoms with Gasteiger partial charge in [0.25, 0.3) is 0 Å². The normalized spacial score (nSPS) is 21.1. The van der Waals surface area contributed by atoms with Crippen molar-refractivity contribution in [2.75, 3.05) is 6.54 Å². The van der Waals surface area contributed by atoms with Gasteiger partial charge < -0.3 is 10.5 Å². The number of ether oxygens (including phenoxy) is 1. The van der Waals surface area contributed by atoms with Crippen LogP contribution in [0.1, 0.15) is 39.0 Å². The Morgan fingerprint density at radius 2 is 2.08 bits per heavy atom. The van der Waals surface area contributed by atoms with Gasteiger partial charge in [-0.2, -0.15) is 0 Å². The summed E-state index contributed by atoms with van der Waals surface area (Å²) < 4.78 is 5.33. The van der Waals surface area contributed by atoms with Crippen LogP contribution in [0.15, 0.2) is 0 Å². The average Bonchev–Trinajstić information content (AvgIpc) is 2.18. The highest BCUT2D eigenvalue weighted by molar-refractivity contribution is 5.72. The fourth-order valence-electron chi connectivity index (χ4n) is 1.56. The summed E-state index contributed by atoms with van der Waals surface area (Å²) in [5.74, 6) is -0.281. The molecule has 0 aromatic carbocycles. The van der Waals surface area contributed by atoms with E-state index in [0.717, 1.165) is 12.8 Å². The van der Waals surface area contributed by atoms with Crippen LogP contribution in [0.3, 0.4) is 0 Å². The number of rotatable bonds is 3. The maximum Gasteiger partial charge on any atom is 0.310 e. The summed E-state index contributed by atoms with van der Waals surface area (Å²) in [4.78, 5) is 11.3. The second-order valence-corrected chi connectivity index (χ2v) is 3.83. The molecule has 0 amide bonds. The monoisotopic (exact) mass is 185 g/mol. The average molecular weight is 185 g/mol. The van der Waals surface area contributed by atoms with Gasteiger partial charge in [0.2, 0.25) is 0 Å². The van der Waals surface area contributed by atoms with E-state index in [-0.39, 0.29) is 18.0 Å². The Kier molecular flexibility index (Phi) is 4.22. The zero-order valence-electron chi connectivity index (χ0n) is 8.29. The van der Waals surface area contributed by atoms with Crippen LogP contribution in [0.2, 0.25) is 0 Å². The largest absolute Gasteiger partial charge is 0.462 e. The molecule has 1 aliphatic rings. The van der Waals surface area contributed by atoms with Crippen molar-refractivity contribution >= 4 is 5.97 Å². The molecule has 3 heteroatoms. The minimum atomic E-state index is -0.151. The van der Waals surface area contributed by atoms with Crippen LogP contribution in [-0.4, -0.2) is 18.6 Å². The fourth-order valence-corrected chi connectivity index (χ4v) is 1.56. The van der Waals surface area contributed by atoms with Gasteiger partial charge in [-0.15, -0.1) is 0 Å². The maximum absolute atomic E-state index is 11.3. The molecule has 0 aliphatic heterocycles. The molecule has 1 fully saturated rings. The van der Waals surface area contributed by atoms with E-state index in [1.807, 2.05) is 6.92 Å². The van der Waals surface area contributed by atoms with Gasteiger partial charge in [0.1, 0.15) is 6.10 Å². The smallest absolute Gasteiger partial charge is 0.310 e. The molecule has 2 N–H and O–H groups in total. The van der Waals surface area contributed by atoms with Gasteiger partial charge in [0, 0.05) is 6.54 Å². The Morgan fingerprint density at radius 1 is 1.46 bits per heavy atom. The third kappa shape index (κ3) is 3.35. The number of carbonyl (C=O) groups is 1. The molecule has 3 nitrogen and oxygen atoms in total. The van der Waals surface area contributed by atoms with Gasteiger partial charge in [-0.1, -0.05) is 13.3 Å². The van der Waals surface area contributed by atoms with Crippen molar-refractivity contribution in [3.8, 4) is 0 Å². The van der Waals surface area contributed by atoms with Crippen LogP contribution in [0.4, 0.5) is 0 Å². The zero-order chi connectivity index (χ0) is 9.68. The summed E-state index contributed by atoms with van der Waals surface area (Å²) in [5.41, 5.74) is 5.38. The highest BCUT2D eigenvalue weighted by atomic mass is 16.5. The summed E-state index contributed by atoms with van der Waals surface area (Å²) in [5, 5.41) is 0. The topological polar surface area (TPSA) is 52.3 Å². The van der Waals surface area contributed by atoms with E-state index in [1.54, 1.807) is 0 Å². The third-order valence-electron chi connectivity index (χ3n) is 2.59. The number of nitrogens with two attached hydrogens (primary N) is 1. The number of hydrogen-bond acceptors (Lipinski definition) is 3. The molecule has 0 bridgehead atoms. The maximum atomic E-state index is 11.3. The molecule has 0 saturated heterocycles. The first-order valence-corrected chi connectivity index (χ1v) is 5.14. The molecule has 0 radical (unpaired) electrons. The first kappa shape index (κ1) is 10.5. The van der Waals surface area contributed by atoms with Crippen molar-refractivity contribution in [1.82, 2.24) is 0 Å². The standard InChI is InChI=1S/C10H19NO2/c1-8(7-11)10(12)13-9-5-3-2-4-6-9/h8-9H,2-7,11H2,1H3. The minimum absolute atomic E-state index is 0.130. The molecule has 1 atom stereocenters. The van der Waals surface area contributed by atoms with Gasteiger partial charge in [0.15, 0.2) is 0 Å². The Labute approximate surface area is 79.6 Å².